The quantitative estimate of drug-likeness (QED) is 0.301. The molecule has 6 nitrogen and oxygen atoms in total. The van der Waals surface area contributed by atoms with Crippen LogP contribution in [0.4, 0.5) is 13.2 Å². The molecule has 6 rings (SSSR count). The van der Waals surface area contributed by atoms with Gasteiger partial charge in [-0.1, -0.05) is 24.3 Å². The Balaban J connectivity index is 1.43. The van der Waals surface area contributed by atoms with E-state index >= 15 is 4.39 Å². The van der Waals surface area contributed by atoms with E-state index in [9.17, 15) is 8.78 Å². The Bertz CT molecular complexity index is 1420. The SMILES string of the molecule is COC1C[C@@H](c2ccccc2OC(F)F)n2c1nc1cc(F)c(-c3ccc(C4CCOCC4)nc3)cc12. The number of hydrogen-bond donors (Lipinski definition) is 0. The first-order chi connectivity index (χ1) is 18.0. The third-order valence-electron chi connectivity index (χ3n) is 7.36. The number of halogens is 3. The number of pyridine rings is 1. The second-order valence-electron chi connectivity index (χ2n) is 9.41. The van der Waals surface area contributed by atoms with Gasteiger partial charge in [0.1, 0.15) is 23.5 Å². The summed E-state index contributed by atoms with van der Waals surface area (Å²) in [5, 5.41) is 0. The van der Waals surface area contributed by atoms with E-state index in [1.54, 1.807) is 37.6 Å². The van der Waals surface area contributed by atoms with Crippen LogP contribution in [0.25, 0.3) is 22.2 Å². The molecule has 1 fully saturated rings. The Morgan fingerprint density at radius 3 is 2.62 bits per heavy atom. The minimum Gasteiger partial charge on any atom is -0.434 e. The zero-order valence-corrected chi connectivity index (χ0v) is 20.2. The van der Waals surface area contributed by atoms with Crippen LogP contribution in [-0.2, 0) is 9.47 Å². The second kappa shape index (κ2) is 9.79. The molecule has 9 heteroatoms. The maximum atomic E-state index is 15.3. The predicted molar refractivity (Wildman–Crippen MR) is 131 cm³/mol. The van der Waals surface area contributed by atoms with Crippen LogP contribution in [0, 0.1) is 5.82 Å². The smallest absolute Gasteiger partial charge is 0.387 e. The van der Waals surface area contributed by atoms with Crippen molar-refractivity contribution in [3.05, 3.63) is 77.6 Å². The van der Waals surface area contributed by atoms with Crippen molar-refractivity contribution < 1.29 is 27.4 Å². The van der Waals surface area contributed by atoms with Gasteiger partial charge in [-0.25, -0.2) is 9.37 Å². The Morgan fingerprint density at radius 2 is 1.89 bits per heavy atom. The fraction of sp³-hybridized carbons (Fsp3) is 0.357. The van der Waals surface area contributed by atoms with Crippen molar-refractivity contribution in [2.45, 2.75) is 43.9 Å². The van der Waals surface area contributed by atoms with Gasteiger partial charge in [0.05, 0.1) is 17.1 Å². The third kappa shape index (κ3) is 4.36. The first-order valence-corrected chi connectivity index (χ1v) is 12.4. The molecule has 2 aromatic carbocycles. The molecule has 1 unspecified atom stereocenters. The summed E-state index contributed by atoms with van der Waals surface area (Å²) < 4.78 is 59.4. The lowest BCUT2D eigenvalue weighted by atomic mass is 9.95. The zero-order valence-electron chi connectivity index (χ0n) is 20.2. The monoisotopic (exact) mass is 509 g/mol. The van der Waals surface area contributed by atoms with Gasteiger partial charge in [-0.3, -0.25) is 4.98 Å². The normalized spacial score (nSPS) is 20.0. The molecular formula is C28H26F3N3O3. The van der Waals surface area contributed by atoms with Crippen LogP contribution in [0.3, 0.4) is 0 Å². The molecule has 0 radical (unpaired) electrons. The van der Waals surface area contributed by atoms with Crippen LogP contribution in [-0.4, -0.2) is 41.5 Å². The van der Waals surface area contributed by atoms with Gasteiger partial charge < -0.3 is 18.8 Å². The molecule has 2 aliphatic rings. The Labute approximate surface area is 212 Å². The highest BCUT2D eigenvalue weighted by molar-refractivity contribution is 5.83. The number of alkyl halides is 2. The Hall–Kier alpha value is -3.43. The summed E-state index contributed by atoms with van der Waals surface area (Å²) in [5.74, 6) is 0.661. The molecule has 4 heterocycles. The molecule has 0 bridgehead atoms. The number of para-hydroxylation sites is 1. The number of benzene rings is 2. The molecular weight excluding hydrogens is 483 g/mol. The molecule has 0 saturated carbocycles. The van der Waals surface area contributed by atoms with Gasteiger partial charge in [-0.2, -0.15) is 8.78 Å². The van der Waals surface area contributed by atoms with Gasteiger partial charge in [0.2, 0.25) is 0 Å². The van der Waals surface area contributed by atoms with Gasteiger partial charge in [-0.05, 0) is 31.0 Å². The molecule has 0 amide bonds. The lowest BCUT2D eigenvalue weighted by Crippen LogP contribution is -2.14. The predicted octanol–water partition coefficient (Wildman–Crippen LogP) is 6.41. The number of fused-ring (bicyclic) bond motifs is 3. The molecule has 0 spiro atoms. The average molecular weight is 510 g/mol. The average Bonchev–Trinajstić information content (AvgIpc) is 3.45. The summed E-state index contributed by atoms with van der Waals surface area (Å²) in [5.41, 5.74) is 3.80. The lowest BCUT2D eigenvalue weighted by Gasteiger charge is -2.21. The van der Waals surface area contributed by atoms with Gasteiger partial charge in [0.15, 0.2) is 0 Å². The number of methoxy groups -OCH3 is 1. The topological polar surface area (TPSA) is 58.4 Å². The molecule has 4 aromatic rings. The van der Waals surface area contributed by atoms with E-state index in [0.29, 0.717) is 45.9 Å². The number of ether oxygens (including phenoxy) is 3. The van der Waals surface area contributed by atoms with Crippen LogP contribution >= 0.6 is 0 Å². The highest BCUT2D eigenvalue weighted by Gasteiger charge is 2.37. The number of hydrogen-bond acceptors (Lipinski definition) is 5. The first kappa shape index (κ1) is 23.9. The summed E-state index contributed by atoms with van der Waals surface area (Å²) >= 11 is 0. The fourth-order valence-electron chi connectivity index (χ4n) is 5.55. The van der Waals surface area contributed by atoms with Crippen molar-refractivity contribution in [2.75, 3.05) is 20.3 Å². The lowest BCUT2D eigenvalue weighted by molar-refractivity contribution is -0.0507. The summed E-state index contributed by atoms with van der Waals surface area (Å²) in [7, 11) is 1.58. The summed E-state index contributed by atoms with van der Waals surface area (Å²) in [6.07, 6.45) is 3.68. The van der Waals surface area contributed by atoms with Crippen LogP contribution in [0.5, 0.6) is 5.75 Å². The van der Waals surface area contributed by atoms with E-state index in [2.05, 4.69) is 9.97 Å². The minimum atomic E-state index is -2.95. The summed E-state index contributed by atoms with van der Waals surface area (Å²) in [4.78, 5) is 9.30. The first-order valence-electron chi connectivity index (χ1n) is 12.4. The Kier molecular flexibility index (Phi) is 6.34. The van der Waals surface area contributed by atoms with Crippen LogP contribution in [0.1, 0.15) is 54.4 Å². The van der Waals surface area contributed by atoms with Crippen molar-refractivity contribution in [1.29, 1.82) is 0 Å². The van der Waals surface area contributed by atoms with E-state index in [1.807, 2.05) is 16.7 Å². The van der Waals surface area contributed by atoms with Crippen molar-refractivity contribution in [3.8, 4) is 16.9 Å². The van der Waals surface area contributed by atoms with Crippen LogP contribution in [0.15, 0.2) is 54.7 Å². The van der Waals surface area contributed by atoms with Gasteiger partial charge in [0.25, 0.3) is 0 Å². The fourth-order valence-corrected chi connectivity index (χ4v) is 5.55. The number of rotatable bonds is 6. The second-order valence-corrected chi connectivity index (χ2v) is 9.41. The molecule has 2 aliphatic heterocycles. The molecule has 2 atom stereocenters. The van der Waals surface area contributed by atoms with Crippen molar-refractivity contribution in [1.82, 2.24) is 14.5 Å². The third-order valence-corrected chi connectivity index (χ3v) is 7.36. The van der Waals surface area contributed by atoms with E-state index in [-0.39, 0.29) is 17.9 Å². The Morgan fingerprint density at radius 1 is 1.08 bits per heavy atom. The van der Waals surface area contributed by atoms with E-state index < -0.39 is 12.4 Å². The maximum Gasteiger partial charge on any atom is 0.387 e. The number of aromatic nitrogens is 3. The van der Waals surface area contributed by atoms with Crippen molar-refractivity contribution in [2.24, 2.45) is 0 Å². The molecule has 2 aromatic heterocycles. The molecule has 37 heavy (non-hydrogen) atoms. The summed E-state index contributed by atoms with van der Waals surface area (Å²) in [6.45, 7) is -1.50. The maximum absolute atomic E-state index is 15.3. The minimum absolute atomic E-state index is 0.0993. The van der Waals surface area contributed by atoms with Gasteiger partial charge in [-0.15, -0.1) is 0 Å². The van der Waals surface area contributed by atoms with Crippen LogP contribution in [0.2, 0.25) is 0 Å². The number of nitrogens with zero attached hydrogens (tertiary/aromatic N) is 3. The summed E-state index contributed by atoms with van der Waals surface area (Å²) in [6, 6.07) is 13.4. The molecule has 0 N–H and O–H groups in total. The van der Waals surface area contributed by atoms with E-state index in [4.69, 9.17) is 14.2 Å². The van der Waals surface area contributed by atoms with Crippen molar-refractivity contribution >= 4 is 11.0 Å². The highest BCUT2D eigenvalue weighted by Crippen LogP contribution is 2.46. The highest BCUT2D eigenvalue weighted by atomic mass is 19.3. The van der Waals surface area contributed by atoms with Gasteiger partial charge >= 0.3 is 6.61 Å². The molecule has 0 aliphatic carbocycles. The number of imidazole rings is 1. The molecule has 1 saturated heterocycles. The van der Waals surface area contributed by atoms with Crippen LogP contribution < -0.4 is 4.74 Å². The zero-order chi connectivity index (χ0) is 25.5. The standard InChI is InChI=1S/C28H26F3N3O3/c1-35-26-14-23(18-4-2-3-5-25(18)37-28(30)31)34-24-12-19(20(29)13-22(24)33-27(26)34)17-6-7-21(32-15-17)16-8-10-36-11-9-16/h2-7,12-13,15-16,23,26,28H,8-11,14H2,1H3/t23-,26?/m0/s1. The largest absolute Gasteiger partial charge is 0.434 e. The van der Waals surface area contributed by atoms with Gasteiger partial charge in [0, 0.05) is 67.3 Å². The molecule has 192 valence electrons. The van der Waals surface area contributed by atoms with Crippen molar-refractivity contribution in [3.63, 3.8) is 0 Å². The van der Waals surface area contributed by atoms with E-state index in [0.717, 1.165) is 31.7 Å². The van der Waals surface area contributed by atoms with E-state index in [1.165, 1.54) is 12.1 Å².